The quantitative estimate of drug-likeness (QED) is 0.200. The number of hydrogen-bond acceptors (Lipinski definition) is 2. The molecule has 10 rings (SSSR count). The maximum atomic E-state index is 5.59. The van der Waals surface area contributed by atoms with E-state index in [0.29, 0.717) is 0 Å². The molecule has 0 fully saturated rings. The molecule has 4 heterocycles. The number of hydrogen-bond donors (Lipinski definition) is 0. The van der Waals surface area contributed by atoms with Gasteiger partial charge in [-0.05, 0) is 54.8 Å². The van der Waals surface area contributed by atoms with Crippen molar-refractivity contribution in [2.75, 3.05) is 0 Å². The fourth-order valence-electron chi connectivity index (χ4n) is 7.43. The van der Waals surface area contributed by atoms with E-state index in [2.05, 4.69) is 149 Å². The SMILES string of the molecule is C1=CCCC(c2nc(-n3c4ccccc4c4ccc5c6ccccc6n(-c6ccccc6)c5c43)cc3c2sc2ccccc23)=C1. The van der Waals surface area contributed by atoms with Crippen LogP contribution >= 0.6 is 11.3 Å². The van der Waals surface area contributed by atoms with Crippen LogP contribution in [0.4, 0.5) is 0 Å². The average Bonchev–Trinajstić information content (AvgIpc) is 3.76. The largest absolute Gasteiger partial charge is 0.307 e. The Morgan fingerprint density at radius 2 is 1.22 bits per heavy atom. The third-order valence-corrected chi connectivity index (χ3v) is 10.6. The minimum Gasteiger partial charge on any atom is -0.307 e. The smallest absolute Gasteiger partial charge is 0.139 e. The van der Waals surface area contributed by atoms with Gasteiger partial charge < -0.3 is 4.57 Å². The van der Waals surface area contributed by atoms with Gasteiger partial charge in [0.05, 0.1) is 32.5 Å². The predicted octanol–water partition coefficient (Wildman–Crippen LogP) is 11.4. The molecule has 0 bridgehead atoms. The first-order valence-corrected chi connectivity index (χ1v) is 16.4. The Morgan fingerprint density at radius 3 is 1.96 bits per heavy atom. The normalized spacial score (nSPS) is 13.6. The summed E-state index contributed by atoms with van der Waals surface area (Å²) in [6.07, 6.45) is 8.74. The van der Waals surface area contributed by atoms with Crippen molar-refractivity contribution >= 4 is 80.7 Å². The highest BCUT2D eigenvalue weighted by molar-refractivity contribution is 7.26. The Bertz CT molecular complexity index is 2700. The monoisotopic (exact) mass is 593 g/mol. The molecule has 3 nitrogen and oxygen atoms in total. The number of fused-ring (bicyclic) bond motifs is 10. The van der Waals surface area contributed by atoms with Crippen LogP contribution in [0.2, 0.25) is 0 Å². The van der Waals surface area contributed by atoms with Crippen molar-refractivity contribution < 1.29 is 0 Å². The van der Waals surface area contributed by atoms with Gasteiger partial charge in [-0.25, -0.2) is 4.98 Å². The van der Waals surface area contributed by atoms with Crippen LogP contribution < -0.4 is 0 Å². The summed E-state index contributed by atoms with van der Waals surface area (Å²) < 4.78 is 7.44. The molecule has 0 saturated carbocycles. The van der Waals surface area contributed by atoms with Gasteiger partial charge in [-0.3, -0.25) is 4.57 Å². The van der Waals surface area contributed by atoms with E-state index in [1.54, 1.807) is 0 Å². The summed E-state index contributed by atoms with van der Waals surface area (Å²) in [4.78, 5) is 5.59. The van der Waals surface area contributed by atoms with E-state index in [1.165, 1.54) is 69.4 Å². The van der Waals surface area contributed by atoms with Gasteiger partial charge in [0.2, 0.25) is 0 Å². The number of para-hydroxylation sites is 3. The highest BCUT2D eigenvalue weighted by Crippen LogP contribution is 2.44. The zero-order valence-corrected chi connectivity index (χ0v) is 25.3. The first-order valence-electron chi connectivity index (χ1n) is 15.5. The Kier molecular flexibility index (Phi) is 5.28. The number of benzene rings is 5. The van der Waals surface area contributed by atoms with Crippen molar-refractivity contribution in [1.29, 1.82) is 0 Å². The molecule has 212 valence electrons. The van der Waals surface area contributed by atoms with Crippen LogP contribution in [0.25, 0.3) is 80.9 Å². The number of allylic oxidation sites excluding steroid dienone is 4. The topological polar surface area (TPSA) is 22.8 Å². The third-order valence-electron chi connectivity index (χ3n) is 9.38. The fraction of sp³-hybridized carbons (Fsp3) is 0.0488. The van der Waals surface area contributed by atoms with Crippen LogP contribution in [0.3, 0.4) is 0 Å². The van der Waals surface area contributed by atoms with Gasteiger partial charge >= 0.3 is 0 Å². The molecular formula is C41H27N3S. The van der Waals surface area contributed by atoms with E-state index in [4.69, 9.17) is 4.98 Å². The van der Waals surface area contributed by atoms with Crippen molar-refractivity contribution in [2.45, 2.75) is 12.8 Å². The minimum atomic E-state index is 0.958. The lowest BCUT2D eigenvalue weighted by atomic mass is 10.00. The molecule has 5 aromatic carbocycles. The van der Waals surface area contributed by atoms with Crippen LogP contribution in [0.5, 0.6) is 0 Å². The Labute approximate surface area is 263 Å². The predicted molar refractivity (Wildman–Crippen MR) is 192 cm³/mol. The molecule has 0 spiro atoms. The molecule has 1 aliphatic carbocycles. The summed E-state index contributed by atoms with van der Waals surface area (Å²) in [6, 6.07) is 44.1. The van der Waals surface area contributed by atoms with Gasteiger partial charge in [0.25, 0.3) is 0 Å². The highest BCUT2D eigenvalue weighted by atomic mass is 32.1. The number of aromatic nitrogens is 3. The molecule has 0 aliphatic heterocycles. The summed E-state index contributed by atoms with van der Waals surface area (Å²) >= 11 is 1.86. The summed E-state index contributed by atoms with van der Waals surface area (Å²) in [6.45, 7) is 0. The average molecular weight is 594 g/mol. The van der Waals surface area contributed by atoms with Crippen LogP contribution in [0.15, 0.2) is 140 Å². The second kappa shape index (κ2) is 9.52. The molecule has 0 atom stereocenters. The summed E-state index contributed by atoms with van der Waals surface area (Å²) in [5, 5.41) is 7.52. The van der Waals surface area contributed by atoms with Crippen molar-refractivity contribution in [1.82, 2.24) is 14.1 Å². The second-order valence-corrected chi connectivity index (χ2v) is 12.9. The molecule has 0 amide bonds. The van der Waals surface area contributed by atoms with Crippen LogP contribution in [0.1, 0.15) is 18.5 Å². The molecule has 0 radical (unpaired) electrons. The molecule has 0 unspecified atom stereocenters. The maximum Gasteiger partial charge on any atom is 0.139 e. The molecule has 4 aromatic heterocycles. The van der Waals surface area contributed by atoms with Gasteiger partial charge in [-0.1, -0.05) is 103 Å². The lowest BCUT2D eigenvalue weighted by molar-refractivity contribution is 1.02. The van der Waals surface area contributed by atoms with Gasteiger partial charge in [-0.15, -0.1) is 11.3 Å². The number of nitrogens with zero attached hydrogens (tertiary/aromatic N) is 3. The van der Waals surface area contributed by atoms with Crippen molar-refractivity contribution in [3.8, 4) is 11.5 Å². The van der Waals surface area contributed by atoms with Crippen LogP contribution in [-0.2, 0) is 0 Å². The van der Waals surface area contributed by atoms with E-state index in [9.17, 15) is 0 Å². The lowest BCUT2D eigenvalue weighted by Crippen LogP contribution is -2.03. The van der Waals surface area contributed by atoms with E-state index < -0.39 is 0 Å². The van der Waals surface area contributed by atoms with E-state index in [-0.39, 0.29) is 0 Å². The van der Waals surface area contributed by atoms with E-state index in [1.807, 2.05) is 11.3 Å². The van der Waals surface area contributed by atoms with E-state index in [0.717, 1.165) is 30.0 Å². The number of rotatable bonds is 3. The number of thiophene rings is 1. The first kappa shape index (κ1) is 24.9. The molecule has 1 aliphatic rings. The fourth-order valence-corrected chi connectivity index (χ4v) is 8.63. The maximum absolute atomic E-state index is 5.59. The summed E-state index contributed by atoms with van der Waals surface area (Å²) in [7, 11) is 0. The Morgan fingerprint density at radius 1 is 0.578 bits per heavy atom. The molecule has 45 heavy (non-hydrogen) atoms. The first-order chi connectivity index (χ1) is 22.3. The zero-order valence-electron chi connectivity index (χ0n) is 24.4. The van der Waals surface area contributed by atoms with E-state index >= 15 is 0 Å². The molecule has 9 aromatic rings. The third kappa shape index (κ3) is 3.54. The molecule has 0 N–H and O–H groups in total. The van der Waals surface area contributed by atoms with Crippen molar-refractivity contribution in [3.05, 3.63) is 145 Å². The van der Waals surface area contributed by atoms with Crippen LogP contribution in [-0.4, -0.2) is 14.1 Å². The van der Waals surface area contributed by atoms with Gasteiger partial charge in [0, 0.05) is 42.7 Å². The highest BCUT2D eigenvalue weighted by Gasteiger charge is 2.23. The van der Waals surface area contributed by atoms with Gasteiger partial charge in [-0.2, -0.15) is 0 Å². The minimum absolute atomic E-state index is 0.958. The van der Waals surface area contributed by atoms with Gasteiger partial charge in [0.1, 0.15) is 5.82 Å². The molecule has 4 heteroatoms. The van der Waals surface area contributed by atoms with Crippen molar-refractivity contribution in [2.24, 2.45) is 0 Å². The Hall–Kier alpha value is -5.45. The van der Waals surface area contributed by atoms with Crippen LogP contribution in [0, 0.1) is 0 Å². The number of pyridine rings is 1. The summed E-state index contributed by atoms with van der Waals surface area (Å²) in [5.41, 5.74) is 8.32. The second-order valence-electron chi connectivity index (χ2n) is 11.9. The molecular weight excluding hydrogens is 567 g/mol. The zero-order chi connectivity index (χ0) is 29.5. The standard InChI is InChI=1S/C41H27N3S/c1-3-13-26(14-4-1)38-41-33(30-19-9-12-22-36(30)45-41)25-37(42-38)44-35-21-11-8-18-29(35)32-24-23-31-28-17-7-10-20-34(28)43(39(31)40(32)44)27-15-5-2-6-16-27/h1-3,5-13,15-25H,4,14H2. The van der Waals surface area contributed by atoms with Gasteiger partial charge in [0.15, 0.2) is 0 Å². The molecule has 0 saturated heterocycles. The Balaban J connectivity index is 1.43. The summed E-state index contributed by atoms with van der Waals surface area (Å²) in [5.74, 6) is 0.958. The lowest BCUT2D eigenvalue weighted by Gasteiger charge is -2.15. The van der Waals surface area contributed by atoms with Crippen molar-refractivity contribution in [3.63, 3.8) is 0 Å².